The summed E-state index contributed by atoms with van der Waals surface area (Å²) in [7, 11) is 0. The summed E-state index contributed by atoms with van der Waals surface area (Å²) in [6.45, 7) is 4.15. The van der Waals surface area contributed by atoms with Gasteiger partial charge in [0.25, 0.3) is 0 Å². The van der Waals surface area contributed by atoms with Gasteiger partial charge < -0.3 is 4.90 Å². The maximum atomic E-state index is 10.3. The Kier molecular flexibility index (Phi) is 2.72. The van der Waals surface area contributed by atoms with Gasteiger partial charge in [0.2, 0.25) is 6.41 Å². The van der Waals surface area contributed by atoms with Crippen molar-refractivity contribution >= 4 is 6.41 Å². The molecule has 58 valence electrons. The molecule has 1 heterocycles. The Labute approximate surface area is 62.2 Å². The summed E-state index contributed by atoms with van der Waals surface area (Å²) in [6.07, 6.45) is 4.68. The second-order valence-corrected chi connectivity index (χ2v) is 3.02. The summed E-state index contributed by atoms with van der Waals surface area (Å²) in [5.41, 5.74) is 0. The molecule has 1 saturated heterocycles. The molecule has 1 aliphatic heterocycles. The minimum atomic E-state index is 0.763. The van der Waals surface area contributed by atoms with Crippen LogP contribution in [0.4, 0.5) is 0 Å². The fourth-order valence-electron chi connectivity index (χ4n) is 1.53. The van der Waals surface area contributed by atoms with Crippen molar-refractivity contribution in [1.82, 2.24) is 4.90 Å². The van der Waals surface area contributed by atoms with Crippen LogP contribution in [0.1, 0.15) is 26.2 Å². The van der Waals surface area contributed by atoms with Crippen molar-refractivity contribution in [2.45, 2.75) is 26.2 Å². The van der Waals surface area contributed by atoms with Crippen LogP contribution in [0.25, 0.3) is 0 Å². The highest BCUT2D eigenvalue weighted by Gasteiger charge is 2.15. The van der Waals surface area contributed by atoms with Crippen LogP contribution in [0.2, 0.25) is 0 Å². The zero-order valence-electron chi connectivity index (χ0n) is 6.55. The van der Waals surface area contributed by atoms with Gasteiger partial charge in [-0.1, -0.05) is 13.3 Å². The van der Waals surface area contributed by atoms with E-state index in [9.17, 15) is 4.79 Å². The summed E-state index contributed by atoms with van der Waals surface area (Å²) in [5.74, 6) is 0.763. The van der Waals surface area contributed by atoms with Crippen LogP contribution in [0.5, 0.6) is 0 Å². The molecule has 0 aromatic heterocycles. The number of carbonyl (C=O) groups is 1. The molecule has 1 aliphatic rings. The molecule has 1 atom stereocenters. The Balaban J connectivity index is 2.31. The number of likely N-dealkylation sites (tertiary alicyclic amines) is 1. The predicted octanol–water partition coefficient (Wildman–Crippen LogP) is 1.26. The molecule has 0 aliphatic carbocycles. The molecule has 10 heavy (non-hydrogen) atoms. The van der Waals surface area contributed by atoms with Crippen LogP contribution in [0.3, 0.4) is 0 Å². The molecular formula is C8H15NO. The highest BCUT2D eigenvalue weighted by Crippen LogP contribution is 2.17. The van der Waals surface area contributed by atoms with E-state index in [1.807, 2.05) is 4.90 Å². The number of piperidine rings is 1. The first-order valence-electron chi connectivity index (χ1n) is 4.06. The number of hydrogen-bond donors (Lipinski definition) is 0. The van der Waals surface area contributed by atoms with E-state index in [0.29, 0.717) is 0 Å². The van der Waals surface area contributed by atoms with E-state index < -0.39 is 0 Å². The van der Waals surface area contributed by atoms with Crippen LogP contribution < -0.4 is 0 Å². The van der Waals surface area contributed by atoms with E-state index in [-0.39, 0.29) is 0 Å². The van der Waals surface area contributed by atoms with Gasteiger partial charge >= 0.3 is 0 Å². The number of carbonyl (C=O) groups excluding carboxylic acids is 1. The zero-order chi connectivity index (χ0) is 7.40. The molecule has 0 radical (unpaired) electrons. The molecular weight excluding hydrogens is 126 g/mol. The Morgan fingerprint density at radius 2 is 2.50 bits per heavy atom. The number of hydrogen-bond acceptors (Lipinski definition) is 1. The number of amides is 1. The second-order valence-electron chi connectivity index (χ2n) is 3.02. The average molecular weight is 141 g/mol. The third-order valence-corrected chi connectivity index (χ3v) is 2.28. The number of rotatable bonds is 2. The van der Waals surface area contributed by atoms with Crippen molar-refractivity contribution in [1.29, 1.82) is 0 Å². The monoisotopic (exact) mass is 141 g/mol. The van der Waals surface area contributed by atoms with Gasteiger partial charge in [0.05, 0.1) is 0 Å². The van der Waals surface area contributed by atoms with Gasteiger partial charge in [0.15, 0.2) is 0 Å². The van der Waals surface area contributed by atoms with Crippen LogP contribution in [0.15, 0.2) is 0 Å². The van der Waals surface area contributed by atoms with Crippen molar-refractivity contribution in [2.24, 2.45) is 5.92 Å². The lowest BCUT2D eigenvalue weighted by Gasteiger charge is -2.28. The fraction of sp³-hybridized carbons (Fsp3) is 0.875. The Morgan fingerprint density at radius 3 is 3.10 bits per heavy atom. The summed E-state index contributed by atoms with van der Waals surface area (Å²) in [5, 5.41) is 0. The van der Waals surface area contributed by atoms with Crippen molar-refractivity contribution in [2.75, 3.05) is 13.1 Å². The van der Waals surface area contributed by atoms with E-state index in [4.69, 9.17) is 0 Å². The molecule has 0 aromatic carbocycles. The van der Waals surface area contributed by atoms with Gasteiger partial charge in [-0.15, -0.1) is 0 Å². The summed E-state index contributed by atoms with van der Waals surface area (Å²) >= 11 is 0. The largest absolute Gasteiger partial charge is 0.345 e. The SMILES string of the molecule is CCC1CCCN(C=O)C1. The Hall–Kier alpha value is -0.530. The van der Waals surface area contributed by atoms with Gasteiger partial charge in [0.1, 0.15) is 0 Å². The second kappa shape index (κ2) is 3.59. The predicted molar refractivity (Wildman–Crippen MR) is 40.7 cm³/mol. The lowest BCUT2D eigenvalue weighted by molar-refractivity contribution is -0.119. The third-order valence-electron chi connectivity index (χ3n) is 2.28. The van der Waals surface area contributed by atoms with E-state index in [2.05, 4.69) is 6.92 Å². The highest BCUT2D eigenvalue weighted by molar-refractivity contribution is 5.47. The molecule has 0 spiro atoms. The normalized spacial score (nSPS) is 26.5. The van der Waals surface area contributed by atoms with E-state index >= 15 is 0 Å². The summed E-state index contributed by atoms with van der Waals surface area (Å²) < 4.78 is 0. The molecule has 1 unspecified atom stereocenters. The van der Waals surface area contributed by atoms with Gasteiger partial charge in [-0.25, -0.2) is 0 Å². The summed E-state index contributed by atoms with van der Waals surface area (Å²) in [6, 6.07) is 0. The molecule has 1 fully saturated rings. The quantitative estimate of drug-likeness (QED) is 0.530. The van der Waals surface area contributed by atoms with Crippen molar-refractivity contribution in [3.63, 3.8) is 0 Å². The lowest BCUT2D eigenvalue weighted by Crippen LogP contribution is -2.33. The van der Waals surface area contributed by atoms with Gasteiger partial charge in [-0.3, -0.25) is 4.79 Å². The molecule has 0 N–H and O–H groups in total. The topological polar surface area (TPSA) is 20.3 Å². The first-order valence-corrected chi connectivity index (χ1v) is 4.06. The minimum Gasteiger partial charge on any atom is -0.345 e. The maximum absolute atomic E-state index is 10.3. The smallest absolute Gasteiger partial charge is 0.209 e. The van der Waals surface area contributed by atoms with Crippen molar-refractivity contribution in [3.05, 3.63) is 0 Å². The van der Waals surface area contributed by atoms with Gasteiger partial charge in [0, 0.05) is 13.1 Å². The number of nitrogens with zero attached hydrogens (tertiary/aromatic N) is 1. The molecule has 0 saturated carbocycles. The zero-order valence-corrected chi connectivity index (χ0v) is 6.55. The van der Waals surface area contributed by atoms with E-state index in [1.54, 1.807) is 0 Å². The molecule has 2 nitrogen and oxygen atoms in total. The van der Waals surface area contributed by atoms with E-state index in [1.165, 1.54) is 19.3 Å². The molecule has 0 bridgehead atoms. The molecule has 1 rings (SSSR count). The molecule has 0 aromatic rings. The average Bonchev–Trinajstić information content (AvgIpc) is 2.05. The van der Waals surface area contributed by atoms with Crippen molar-refractivity contribution in [3.8, 4) is 0 Å². The first-order chi connectivity index (χ1) is 4.86. The summed E-state index contributed by atoms with van der Waals surface area (Å²) in [4.78, 5) is 12.2. The highest BCUT2D eigenvalue weighted by atomic mass is 16.1. The Morgan fingerprint density at radius 1 is 1.70 bits per heavy atom. The van der Waals surface area contributed by atoms with Crippen LogP contribution in [0, 0.1) is 5.92 Å². The van der Waals surface area contributed by atoms with Gasteiger partial charge in [-0.05, 0) is 18.8 Å². The minimum absolute atomic E-state index is 0.763. The molecule has 2 heteroatoms. The first kappa shape index (κ1) is 7.58. The Bertz CT molecular complexity index is 114. The van der Waals surface area contributed by atoms with Crippen molar-refractivity contribution < 1.29 is 4.79 Å². The molecule has 1 amide bonds. The third kappa shape index (κ3) is 1.72. The van der Waals surface area contributed by atoms with Crippen LogP contribution in [-0.2, 0) is 4.79 Å². The van der Waals surface area contributed by atoms with Crippen LogP contribution in [-0.4, -0.2) is 24.4 Å². The van der Waals surface area contributed by atoms with E-state index in [0.717, 1.165) is 25.4 Å². The van der Waals surface area contributed by atoms with Crippen LogP contribution >= 0.6 is 0 Å². The standard InChI is InChI=1S/C8H15NO/c1-2-8-4-3-5-9(6-8)7-10/h7-8H,2-6H2,1H3. The lowest BCUT2D eigenvalue weighted by atomic mass is 9.96. The maximum Gasteiger partial charge on any atom is 0.209 e. The fourth-order valence-corrected chi connectivity index (χ4v) is 1.53. The van der Waals surface area contributed by atoms with Gasteiger partial charge in [-0.2, -0.15) is 0 Å².